The van der Waals surface area contributed by atoms with Crippen LogP contribution in [0.15, 0.2) is 239 Å². The topological polar surface area (TPSA) is 29.5 Å². The molecular formula is C63H41NO2. The second kappa shape index (κ2) is 13.8. The fraction of sp³-hybridized carbons (Fsp3) is 0.0476. The van der Waals surface area contributed by atoms with Crippen LogP contribution in [0.1, 0.15) is 45.9 Å². The van der Waals surface area contributed by atoms with Gasteiger partial charge in [0.25, 0.3) is 0 Å². The number of anilines is 3. The average molecular weight is 844 g/mol. The number of furan rings is 2. The third-order valence-electron chi connectivity index (χ3n) is 14.8. The van der Waals surface area contributed by atoms with Gasteiger partial charge in [-0.1, -0.05) is 200 Å². The predicted molar refractivity (Wildman–Crippen MR) is 270 cm³/mol. The monoisotopic (exact) mass is 843 g/mol. The molecule has 0 bridgehead atoms. The van der Waals surface area contributed by atoms with Gasteiger partial charge in [-0.3, -0.25) is 0 Å². The van der Waals surface area contributed by atoms with Crippen molar-refractivity contribution in [2.45, 2.75) is 17.8 Å². The van der Waals surface area contributed by atoms with E-state index in [1.54, 1.807) is 0 Å². The zero-order valence-corrected chi connectivity index (χ0v) is 36.2. The number of para-hydroxylation sites is 4. The Kier molecular flexibility index (Phi) is 7.74. The number of fused-ring (bicyclic) bond motifs is 12. The second-order valence-corrected chi connectivity index (χ2v) is 18.0. The van der Waals surface area contributed by atoms with Crippen LogP contribution in [-0.2, 0) is 10.8 Å². The molecule has 2 heterocycles. The van der Waals surface area contributed by atoms with Crippen molar-refractivity contribution in [3.8, 4) is 22.3 Å². The van der Waals surface area contributed by atoms with Crippen LogP contribution in [0.25, 0.3) is 66.1 Å². The van der Waals surface area contributed by atoms with Gasteiger partial charge in [-0.25, -0.2) is 0 Å². The number of hydrogen-bond donors (Lipinski definition) is 0. The summed E-state index contributed by atoms with van der Waals surface area (Å²) in [7, 11) is 0. The zero-order valence-electron chi connectivity index (χ0n) is 36.2. The van der Waals surface area contributed by atoms with Crippen LogP contribution < -0.4 is 4.90 Å². The van der Waals surface area contributed by atoms with Crippen molar-refractivity contribution in [3.63, 3.8) is 0 Å². The van der Waals surface area contributed by atoms with E-state index in [1.807, 2.05) is 6.07 Å². The number of rotatable bonds is 6. The van der Waals surface area contributed by atoms with E-state index in [1.165, 1.54) is 55.6 Å². The van der Waals surface area contributed by atoms with Gasteiger partial charge in [0.05, 0.1) is 16.8 Å². The summed E-state index contributed by atoms with van der Waals surface area (Å²) in [5.74, 6) is 0. The fourth-order valence-electron chi connectivity index (χ4n) is 12.0. The summed E-state index contributed by atoms with van der Waals surface area (Å²) in [5.41, 5.74) is 18.9. The summed E-state index contributed by atoms with van der Waals surface area (Å²) < 4.78 is 14.4. The molecule has 0 radical (unpaired) electrons. The number of hydrogen-bond acceptors (Lipinski definition) is 3. The number of benzene rings is 10. The third kappa shape index (κ3) is 4.86. The molecule has 2 aromatic heterocycles. The predicted octanol–water partition coefficient (Wildman–Crippen LogP) is 16.7. The Morgan fingerprint density at radius 2 is 0.788 bits per heavy atom. The minimum Gasteiger partial charge on any atom is -0.454 e. The summed E-state index contributed by atoms with van der Waals surface area (Å²) in [5, 5.41) is 4.30. The van der Waals surface area contributed by atoms with Crippen LogP contribution in [0.3, 0.4) is 0 Å². The fourth-order valence-corrected chi connectivity index (χ4v) is 12.0. The zero-order chi connectivity index (χ0) is 43.6. The Morgan fingerprint density at radius 1 is 0.333 bits per heavy atom. The van der Waals surface area contributed by atoms with Crippen molar-refractivity contribution >= 4 is 60.9 Å². The van der Waals surface area contributed by atoms with E-state index >= 15 is 0 Å². The van der Waals surface area contributed by atoms with Gasteiger partial charge in [0.2, 0.25) is 0 Å². The molecule has 0 atom stereocenters. The summed E-state index contributed by atoms with van der Waals surface area (Å²) in [4.78, 5) is 2.38. The van der Waals surface area contributed by atoms with Crippen molar-refractivity contribution in [2.75, 3.05) is 4.90 Å². The lowest BCUT2D eigenvalue weighted by atomic mass is 9.67. The molecule has 0 saturated carbocycles. The van der Waals surface area contributed by atoms with Crippen LogP contribution in [0.4, 0.5) is 17.1 Å². The van der Waals surface area contributed by atoms with E-state index in [9.17, 15) is 0 Å². The first-order valence-electron chi connectivity index (χ1n) is 22.8. The Hall–Kier alpha value is -8.40. The summed E-state index contributed by atoms with van der Waals surface area (Å²) in [6.45, 7) is 2.36. The minimum atomic E-state index is -0.578. The molecule has 3 nitrogen and oxygen atoms in total. The van der Waals surface area contributed by atoms with Crippen molar-refractivity contribution in [1.29, 1.82) is 0 Å². The molecule has 10 aromatic carbocycles. The van der Waals surface area contributed by atoms with E-state index in [4.69, 9.17) is 8.83 Å². The van der Waals surface area contributed by atoms with Crippen LogP contribution in [0.2, 0.25) is 0 Å². The Balaban J connectivity index is 1.07. The first kappa shape index (κ1) is 37.0. The maximum absolute atomic E-state index is 7.47. The van der Waals surface area contributed by atoms with E-state index in [-0.39, 0.29) is 0 Å². The van der Waals surface area contributed by atoms with Gasteiger partial charge < -0.3 is 13.7 Å². The Bertz CT molecular complexity index is 3830. The van der Waals surface area contributed by atoms with E-state index < -0.39 is 10.8 Å². The normalized spacial score (nSPS) is 14.1. The van der Waals surface area contributed by atoms with Gasteiger partial charge in [-0.05, 0) is 92.9 Å². The van der Waals surface area contributed by atoms with Crippen LogP contribution in [0.5, 0.6) is 0 Å². The van der Waals surface area contributed by atoms with Crippen molar-refractivity contribution in [3.05, 3.63) is 269 Å². The van der Waals surface area contributed by atoms with E-state index in [2.05, 4.69) is 236 Å². The highest BCUT2D eigenvalue weighted by Gasteiger charge is 2.47. The van der Waals surface area contributed by atoms with Gasteiger partial charge in [0.1, 0.15) is 11.2 Å². The molecule has 0 aliphatic heterocycles. The van der Waals surface area contributed by atoms with Crippen LogP contribution in [0, 0.1) is 0 Å². The molecule has 0 unspecified atom stereocenters. The molecule has 0 saturated heterocycles. The van der Waals surface area contributed by atoms with Gasteiger partial charge in [0, 0.05) is 38.2 Å². The minimum absolute atomic E-state index is 0.437. The van der Waals surface area contributed by atoms with Crippen molar-refractivity contribution in [2.24, 2.45) is 0 Å². The second-order valence-electron chi connectivity index (χ2n) is 18.0. The molecule has 0 spiro atoms. The quantitative estimate of drug-likeness (QED) is 0.167. The maximum atomic E-state index is 7.47. The first-order valence-corrected chi connectivity index (χ1v) is 22.8. The highest BCUT2D eigenvalue weighted by atomic mass is 16.3. The lowest BCUT2D eigenvalue weighted by Gasteiger charge is -2.34. The molecule has 2 aliphatic carbocycles. The highest BCUT2D eigenvalue weighted by Crippen LogP contribution is 2.59. The smallest absolute Gasteiger partial charge is 0.159 e. The molecule has 14 rings (SSSR count). The Labute approximate surface area is 382 Å². The van der Waals surface area contributed by atoms with E-state index in [0.717, 1.165) is 66.5 Å². The molecule has 12 aromatic rings. The lowest BCUT2D eigenvalue weighted by Crippen LogP contribution is -2.28. The number of nitrogens with zero attached hydrogens (tertiary/aromatic N) is 1. The largest absolute Gasteiger partial charge is 0.454 e. The van der Waals surface area contributed by atoms with Crippen LogP contribution in [-0.4, -0.2) is 0 Å². The molecule has 0 fully saturated rings. The summed E-state index contributed by atoms with van der Waals surface area (Å²) >= 11 is 0. The summed E-state index contributed by atoms with van der Waals surface area (Å²) in [6, 6.07) is 83.8. The summed E-state index contributed by atoms with van der Waals surface area (Å²) in [6.07, 6.45) is 0. The van der Waals surface area contributed by atoms with Gasteiger partial charge >= 0.3 is 0 Å². The highest BCUT2D eigenvalue weighted by molar-refractivity contribution is 6.14. The first-order chi connectivity index (χ1) is 32.6. The molecule has 66 heavy (non-hydrogen) atoms. The molecule has 0 amide bonds. The van der Waals surface area contributed by atoms with Gasteiger partial charge in [-0.2, -0.15) is 0 Å². The molecule has 0 N–H and O–H groups in total. The van der Waals surface area contributed by atoms with Gasteiger partial charge in [0.15, 0.2) is 11.2 Å². The Morgan fingerprint density at radius 3 is 1.44 bits per heavy atom. The standard InChI is InChI=1S/C63H41NO2/c1-62(51-30-12-8-23-43(51)44-24-9-13-31-52(44)62)54-33-16-27-49-50-29-18-35-57(61(50)66-59(49)54)64(56-34-17-28-48-47-26-11-15-36-58(47)65-60(48)56)42-37-38-46-45-25-10-14-32-53(45)63(55(46)39-42,40-19-4-2-5-20-40)41-21-6-3-7-22-41/h2-39H,1H3. The van der Waals surface area contributed by atoms with Crippen LogP contribution >= 0.6 is 0 Å². The third-order valence-corrected chi connectivity index (χ3v) is 14.8. The molecular weight excluding hydrogens is 803 g/mol. The lowest BCUT2D eigenvalue weighted by molar-refractivity contribution is 0.638. The average Bonchev–Trinajstić information content (AvgIpc) is 4.12. The molecule has 2 aliphatic rings. The van der Waals surface area contributed by atoms with E-state index in [0.29, 0.717) is 0 Å². The van der Waals surface area contributed by atoms with Crippen molar-refractivity contribution < 1.29 is 8.83 Å². The van der Waals surface area contributed by atoms with Gasteiger partial charge in [-0.15, -0.1) is 0 Å². The SMILES string of the molecule is CC1(c2cccc3c2oc2c(N(c4ccc5c(c4)C(c4ccccc4)(c4ccccc4)c4ccccc4-5)c4cccc5c4oc4ccccc45)cccc23)c2ccccc2-c2ccccc21. The molecule has 3 heteroatoms. The van der Waals surface area contributed by atoms with Crippen molar-refractivity contribution in [1.82, 2.24) is 0 Å². The maximum Gasteiger partial charge on any atom is 0.159 e. The molecule has 310 valence electrons.